The van der Waals surface area contributed by atoms with Crippen LogP contribution in [0.1, 0.15) is 28.8 Å². The number of ketones is 1. The van der Waals surface area contributed by atoms with Crippen LogP contribution in [0.25, 0.3) is 0 Å². The Hall–Kier alpha value is -2.17. The first kappa shape index (κ1) is 12.3. The third-order valence-corrected chi connectivity index (χ3v) is 2.58. The summed E-state index contributed by atoms with van der Waals surface area (Å²) < 4.78 is 32.3. The van der Waals surface area contributed by atoms with E-state index in [1.165, 1.54) is 6.07 Å². The molecule has 0 fully saturated rings. The molecule has 2 N–H and O–H groups in total. The fourth-order valence-corrected chi connectivity index (χ4v) is 1.59. The molecule has 5 heteroatoms. The number of halogens is 2. The van der Waals surface area contributed by atoms with Gasteiger partial charge in [0.25, 0.3) is 0 Å². The molecule has 0 aliphatic rings. The molecule has 0 saturated heterocycles. The van der Waals surface area contributed by atoms with Crippen molar-refractivity contribution in [3.05, 3.63) is 53.0 Å². The van der Waals surface area contributed by atoms with Crippen molar-refractivity contribution in [2.45, 2.75) is 13.3 Å². The molecule has 0 radical (unpaired) electrons. The van der Waals surface area contributed by atoms with Gasteiger partial charge in [0.1, 0.15) is 11.6 Å². The van der Waals surface area contributed by atoms with Gasteiger partial charge in [-0.25, -0.2) is 8.78 Å². The molecule has 0 atom stereocenters. The molecule has 1 aromatic carbocycles. The average molecular weight is 251 g/mol. The highest BCUT2D eigenvalue weighted by atomic mass is 19.1. The van der Waals surface area contributed by atoms with Crippen LogP contribution in [0.5, 0.6) is 0 Å². The van der Waals surface area contributed by atoms with Gasteiger partial charge in [-0.3, -0.25) is 4.79 Å². The highest BCUT2D eigenvalue weighted by Gasteiger charge is 2.23. The molecule has 1 heterocycles. The van der Waals surface area contributed by atoms with Gasteiger partial charge < -0.3 is 10.2 Å². The minimum absolute atomic E-state index is 0.102. The van der Waals surface area contributed by atoms with Gasteiger partial charge in [0, 0.05) is 6.42 Å². The maximum atomic E-state index is 13.7. The van der Waals surface area contributed by atoms with Gasteiger partial charge in [0.2, 0.25) is 5.78 Å². The van der Waals surface area contributed by atoms with Crippen LogP contribution in [-0.4, -0.2) is 5.78 Å². The minimum atomic E-state index is -1.06. The summed E-state index contributed by atoms with van der Waals surface area (Å²) in [5.41, 5.74) is 4.35. The number of benzene rings is 1. The van der Waals surface area contributed by atoms with Crippen LogP contribution >= 0.6 is 0 Å². The van der Waals surface area contributed by atoms with Crippen molar-refractivity contribution in [3.8, 4) is 0 Å². The molecule has 0 spiro atoms. The lowest BCUT2D eigenvalue weighted by molar-refractivity contribution is 0.0999. The number of hydrogen-bond acceptors (Lipinski definition) is 3. The van der Waals surface area contributed by atoms with Crippen LogP contribution in [-0.2, 0) is 6.42 Å². The molecule has 2 rings (SSSR count). The van der Waals surface area contributed by atoms with Crippen LogP contribution < -0.4 is 5.73 Å². The van der Waals surface area contributed by atoms with E-state index >= 15 is 0 Å². The van der Waals surface area contributed by atoms with E-state index in [4.69, 9.17) is 10.2 Å². The molecule has 0 unspecified atom stereocenters. The minimum Gasteiger partial charge on any atom is -0.458 e. The van der Waals surface area contributed by atoms with Crippen LogP contribution in [0.4, 0.5) is 14.5 Å². The molecule has 1 aromatic heterocycles. The van der Waals surface area contributed by atoms with Crippen LogP contribution in [0.15, 0.2) is 28.7 Å². The zero-order valence-electron chi connectivity index (χ0n) is 9.67. The number of anilines is 1. The quantitative estimate of drug-likeness (QED) is 0.674. The van der Waals surface area contributed by atoms with E-state index in [1.54, 1.807) is 6.07 Å². The molecule has 0 aliphatic heterocycles. The van der Waals surface area contributed by atoms with E-state index in [0.717, 1.165) is 12.1 Å². The Morgan fingerprint density at radius 2 is 2.00 bits per heavy atom. The molecular formula is C13H11F2NO2. The second-order valence-electron chi connectivity index (χ2n) is 3.77. The average Bonchev–Trinajstić information content (AvgIpc) is 2.83. The van der Waals surface area contributed by atoms with Crippen molar-refractivity contribution >= 4 is 11.5 Å². The summed E-state index contributed by atoms with van der Waals surface area (Å²) in [5, 5.41) is 0. The maximum Gasteiger partial charge on any atom is 0.234 e. The second kappa shape index (κ2) is 4.60. The van der Waals surface area contributed by atoms with Gasteiger partial charge in [-0.2, -0.15) is 0 Å². The fourth-order valence-electron chi connectivity index (χ4n) is 1.59. The number of rotatable bonds is 3. The standard InChI is InChI=1S/C13H11F2NO2/c1-2-7-3-6-10(18-7)13(17)11-8(14)4-5-9(16)12(11)15/h3-6H,2,16H2,1H3. The zero-order valence-corrected chi connectivity index (χ0v) is 9.67. The van der Waals surface area contributed by atoms with E-state index in [-0.39, 0.29) is 11.4 Å². The largest absolute Gasteiger partial charge is 0.458 e. The highest BCUT2D eigenvalue weighted by molar-refractivity contribution is 6.08. The molecule has 0 amide bonds. The number of furan rings is 1. The van der Waals surface area contributed by atoms with Crippen molar-refractivity contribution in [3.63, 3.8) is 0 Å². The summed E-state index contributed by atoms with van der Waals surface area (Å²) in [4.78, 5) is 11.9. The maximum absolute atomic E-state index is 13.7. The second-order valence-corrected chi connectivity index (χ2v) is 3.77. The van der Waals surface area contributed by atoms with Gasteiger partial charge in [0.15, 0.2) is 11.6 Å². The summed E-state index contributed by atoms with van der Waals surface area (Å²) >= 11 is 0. The highest BCUT2D eigenvalue weighted by Crippen LogP contribution is 2.22. The van der Waals surface area contributed by atoms with Crippen molar-refractivity contribution in [1.82, 2.24) is 0 Å². The first-order valence-electron chi connectivity index (χ1n) is 5.41. The zero-order chi connectivity index (χ0) is 13.3. The normalized spacial score (nSPS) is 10.6. The van der Waals surface area contributed by atoms with Crippen LogP contribution in [0.3, 0.4) is 0 Å². The SMILES string of the molecule is CCc1ccc(C(=O)c2c(F)ccc(N)c2F)o1. The van der Waals surface area contributed by atoms with Crippen molar-refractivity contribution in [2.24, 2.45) is 0 Å². The Labute approximate surface area is 102 Å². The summed E-state index contributed by atoms with van der Waals surface area (Å²) in [7, 11) is 0. The lowest BCUT2D eigenvalue weighted by atomic mass is 10.1. The third-order valence-electron chi connectivity index (χ3n) is 2.58. The third kappa shape index (κ3) is 1.99. The van der Waals surface area contributed by atoms with Crippen molar-refractivity contribution < 1.29 is 18.0 Å². The molecule has 3 nitrogen and oxygen atoms in total. The summed E-state index contributed by atoms with van der Waals surface area (Å²) in [6.07, 6.45) is 0.592. The summed E-state index contributed by atoms with van der Waals surface area (Å²) in [5.74, 6) is -2.40. The van der Waals surface area contributed by atoms with Crippen LogP contribution in [0.2, 0.25) is 0 Å². The van der Waals surface area contributed by atoms with E-state index in [0.29, 0.717) is 12.2 Å². The monoisotopic (exact) mass is 251 g/mol. The topological polar surface area (TPSA) is 56.2 Å². The van der Waals surface area contributed by atoms with Crippen molar-refractivity contribution in [1.29, 1.82) is 0 Å². The number of nitrogens with two attached hydrogens (primary N) is 1. The molecule has 94 valence electrons. The Bertz CT molecular complexity index is 605. The summed E-state index contributed by atoms with van der Waals surface area (Å²) in [6.45, 7) is 1.84. The predicted octanol–water partition coefficient (Wildman–Crippen LogP) is 2.93. The lowest BCUT2D eigenvalue weighted by Gasteiger charge is -2.04. The molecule has 2 aromatic rings. The smallest absolute Gasteiger partial charge is 0.234 e. The number of aryl methyl sites for hydroxylation is 1. The number of nitrogen functional groups attached to an aromatic ring is 1. The molecule has 0 bridgehead atoms. The number of carbonyl (C=O) groups is 1. The van der Waals surface area contributed by atoms with Gasteiger partial charge in [-0.1, -0.05) is 6.92 Å². The molecule has 0 aliphatic carbocycles. The van der Waals surface area contributed by atoms with E-state index in [2.05, 4.69) is 0 Å². The lowest BCUT2D eigenvalue weighted by Crippen LogP contribution is -2.08. The van der Waals surface area contributed by atoms with Gasteiger partial charge in [0.05, 0.1) is 11.3 Å². The Morgan fingerprint density at radius 3 is 2.61 bits per heavy atom. The number of hydrogen-bond donors (Lipinski definition) is 1. The molecule has 0 saturated carbocycles. The van der Waals surface area contributed by atoms with E-state index in [1.807, 2.05) is 6.92 Å². The van der Waals surface area contributed by atoms with Crippen LogP contribution in [0, 0.1) is 11.6 Å². The Kier molecular flexibility index (Phi) is 3.14. The molecule has 18 heavy (non-hydrogen) atoms. The number of carbonyl (C=O) groups excluding carboxylic acids is 1. The van der Waals surface area contributed by atoms with E-state index < -0.39 is 23.0 Å². The van der Waals surface area contributed by atoms with Gasteiger partial charge in [-0.05, 0) is 24.3 Å². The predicted molar refractivity (Wildman–Crippen MR) is 62.3 cm³/mol. The first-order valence-corrected chi connectivity index (χ1v) is 5.41. The van der Waals surface area contributed by atoms with E-state index in [9.17, 15) is 13.6 Å². The Morgan fingerprint density at radius 1 is 1.28 bits per heavy atom. The van der Waals surface area contributed by atoms with Crippen molar-refractivity contribution in [2.75, 3.05) is 5.73 Å². The first-order chi connectivity index (χ1) is 8.54. The molecular weight excluding hydrogens is 240 g/mol. The van der Waals surface area contributed by atoms with Gasteiger partial charge >= 0.3 is 0 Å². The van der Waals surface area contributed by atoms with Gasteiger partial charge in [-0.15, -0.1) is 0 Å². The Balaban J connectivity index is 2.49. The fraction of sp³-hybridized carbons (Fsp3) is 0.154. The summed E-state index contributed by atoms with van der Waals surface area (Å²) in [6, 6.07) is 5.01.